The van der Waals surface area contributed by atoms with E-state index >= 15 is 0 Å². The lowest BCUT2D eigenvalue weighted by atomic mass is 10.0. The number of H-pyrrole nitrogens is 1. The zero-order chi connectivity index (χ0) is 12.8. The van der Waals surface area contributed by atoms with Crippen LogP contribution in [0.5, 0.6) is 0 Å². The summed E-state index contributed by atoms with van der Waals surface area (Å²) in [5.41, 5.74) is 10.5. The van der Waals surface area contributed by atoms with Gasteiger partial charge in [-0.15, -0.1) is 0 Å². The SMILES string of the molecule is NC[C@H](O)CC[C@H](N)C(=O)c1ccc[nH]c1=O. The van der Waals surface area contributed by atoms with Crippen molar-refractivity contribution >= 4 is 5.78 Å². The summed E-state index contributed by atoms with van der Waals surface area (Å²) >= 11 is 0. The van der Waals surface area contributed by atoms with E-state index in [4.69, 9.17) is 11.5 Å². The maximum atomic E-state index is 11.8. The first-order valence-corrected chi connectivity index (χ1v) is 5.42. The lowest BCUT2D eigenvalue weighted by Gasteiger charge is -2.12. The summed E-state index contributed by atoms with van der Waals surface area (Å²) in [6.07, 6.45) is 1.42. The predicted octanol–water partition coefficient (Wildman–Crippen LogP) is -1.02. The molecule has 94 valence electrons. The van der Waals surface area contributed by atoms with Gasteiger partial charge in [-0.25, -0.2) is 0 Å². The highest BCUT2D eigenvalue weighted by Gasteiger charge is 2.19. The number of ketones is 1. The minimum Gasteiger partial charge on any atom is -0.392 e. The molecule has 0 aliphatic carbocycles. The minimum atomic E-state index is -0.792. The molecule has 0 spiro atoms. The number of Topliss-reactive ketones (excluding diaryl/α,β-unsaturated/α-hetero) is 1. The van der Waals surface area contributed by atoms with Crippen molar-refractivity contribution in [1.29, 1.82) is 0 Å². The summed E-state index contributed by atoms with van der Waals surface area (Å²) in [6, 6.07) is 2.20. The Morgan fingerprint density at radius 2 is 2.18 bits per heavy atom. The molecule has 0 aliphatic heterocycles. The van der Waals surface area contributed by atoms with Crippen molar-refractivity contribution in [3.05, 3.63) is 34.2 Å². The zero-order valence-corrected chi connectivity index (χ0v) is 9.43. The molecular weight excluding hydrogens is 222 g/mol. The molecule has 0 unspecified atom stereocenters. The summed E-state index contributed by atoms with van der Waals surface area (Å²) in [5, 5.41) is 9.25. The number of aromatic amines is 1. The van der Waals surface area contributed by atoms with Crippen molar-refractivity contribution in [2.24, 2.45) is 11.5 Å². The Morgan fingerprint density at radius 3 is 2.76 bits per heavy atom. The number of pyridine rings is 1. The molecule has 1 rings (SSSR count). The molecular formula is C11H17N3O3. The second kappa shape index (κ2) is 6.29. The van der Waals surface area contributed by atoms with Gasteiger partial charge < -0.3 is 21.6 Å². The van der Waals surface area contributed by atoms with Crippen LogP contribution >= 0.6 is 0 Å². The molecule has 6 heteroatoms. The smallest absolute Gasteiger partial charge is 0.258 e. The monoisotopic (exact) mass is 239 g/mol. The molecule has 0 amide bonds. The molecule has 6 N–H and O–H groups in total. The Morgan fingerprint density at radius 1 is 1.47 bits per heavy atom. The fourth-order valence-electron chi connectivity index (χ4n) is 1.44. The first-order chi connectivity index (χ1) is 8.06. The van der Waals surface area contributed by atoms with Gasteiger partial charge in [0.1, 0.15) is 0 Å². The third-order valence-electron chi connectivity index (χ3n) is 2.50. The summed E-state index contributed by atoms with van der Waals surface area (Å²) in [7, 11) is 0. The molecule has 1 aromatic heterocycles. The van der Waals surface area contributed by atoms with Crippen LogP contribution in [-0.4, -0.2) is 34.6 Å². The lowest BCUT2D eigenvalue weighted by molar-refractivity contribution is 0.0943. The van der Waals surface area contributed by atoms with Gasteiger partial charge in [-0.3, -0.25) is 9.59 Å². The normalized spacial score (nSPS) is 14.3. The summed E-state index contributed by atoms with van der Waals surface area (Å²) in [5.74, 6) is -0.420. The standard InChI is InChI=1S/C11H17N3O3/c12-6-7(15)3-4-9(13)10(16)8-2-1-5-14-11(8)17/h1-2,5,7,9,15H,3-4,6,12-13H2,(H,14,17)/t7-,9+/m1/s1. The number of carbonyl (C=O) groups excluding carboxylic acids is 1. The van der Waals surface area contributed by atoms with Crippen molar-refractivity contribution in [2.75, 3.05) is 6.54 Å². The number of nitrogens with one attached hydrogen (secondary N) is 1. The van der Waals surface area contributed by atoms with E-state index in [9.17, 15) is 14.7 Å². The first kappa shape index (κ1) is 13.6. The number of rotatable bonds is 6. The molecule has 2 atom stereocenters. The number of aliphatic hydroxyl groups is 1. The van der Waals surface area contributed by atoms with Crippen molar-refractivity contribution in [2.45, 2.75) is 25.0 Å². The molecule has 0 bridgehead atoms. The van der Waals surface area contributed by atoms with Crippen LogP contribution in [0.15, 0.2) is 23.1 Å². The lowest BCUT2D eigenvalue weighted by Crippen LogP contribution is -2.35. The number of aromatic nitrogens is 1. The van der Waals surface area contributed by atoms with Gasteiger partial charge >= 0.3 is 0 Å². The van der Waals surface area contributed by atoms with Crippen LogP contribution in [0.25, 0.3) is 0 Å². The van der Waals surface area contributed by atoms with Gasteiger partial charge in [-0.1, -0.05) is 0 Å². The van der Waals surface area contributed by atoms with Crippen molar-refractivity contribution in [1.82, 2.24) is 4.98 Å². The largest absolute Gasteiger partial charge is 0.392 e. The zero-order valence-electron chi connectivity index (χ0n) is 9.43. The Kier molecular flexibility index (Phi) is 5.02. The van der Waals surface area contributed by atoms with Gasteiger partial charge in [-0.2, -0.15) is 0 Å². The molecule has 1 heterocycles. The van der Waals surface area contributed by atoms with Crippen molar-refractivity contribution in [3.8, 4) is 0 Å². The van der Waals surface area contributed by atoms with Gasteiger partial charge in [0.25, 0.3) is 5.56 Å². The quantitative estimate of drug-likeness (QED) is 0.473. The van der Waals surface area contributed by atoms with E-state index in [0.29, 0.717) is 12.8 Å². The van der Waals surface area contributed by atoms with Crippen LogP contribution in [-0.2, 0) is 0 Å². The molecule has 0 saturated heterocycles. The highest BCUT2D eigenvalue weighted by Crippen LogP contribution is 2.04. The van der Waals surface area contributed by atoms with Gasteiger partial charge in [0, 0.05) is 12.7 Å². The molecule has 0 aliphatic rings. The minimum absolute atomic E-state index is 0.0437. The fourth-order valence-corrected chi connectivity index (χ4v) is 1.44. The van der Waals surface area contributed by atoms with Crippen LogP contribution in [0.1, 0.15) is 23.2 Å². The number of hydrogen-bond acceptors (Lipinski definition) is 5. The summed E-state index contributed by atoms with van der Waals surface area (Å²) in [6.45, 7) is 0.132. The van der Waals surface area contributed by atoms with Gasteiger partial charge in [0.05, 0.1) is 17.7 Å². The summed E-state index contributed by atoms with van der Waals surface area (Å²) in [4.78, 5) is 25.6. The number of carbonyl (C=O) groups is 1. The van der Waals surface area contributed by atoms with Gasteiger partial charge in [0.2, 0.25) is 0 Å². The van der Waals surface area contributed by atoms with Crippen LogP contribution in [0.3, 0.4) is 0 Å². The van der Waals surface area contributed by atoms with E-state index in [1.807, 2.05) is 0 Å². The topological polar surface area (TPSA) is 122 Å². The second-order valence-electron chi connectivity index (χ2n) is 3.85. The Hall–Kier alpha value is -1.50. The van der Waals surface area contributed by atoms with Gasteiger partial charge in [0.15, 0.2) is 5.78 Å². The van der Waals surface area contributed by atoms with Crippen LogP contribution in [0.4, 0.5) is 0 Å². The van der Waals surface area contributed by atoms with E-state index in [-0.39, 0.29) is 12.1 Å². The average Bonchev–Trinajstić information content (AvgIpc) is 2.35. The number of aliphatic hydroxyl groups excluding tert-OH is 1. The van der Waals surface area contributed by atoms with Crippen LogP contribution < -0.4 is 17.0 Å². The van der Waals surface area contributed by atoms with Crippen molar-refractivity contribution < 1.29 is 9.90 Å². The third-order valence-corrected chi connectivity index (χ3v) is 2.50. The molecule has 0 saturated carbocycles. The molecule has 17 heavy (non-hydrogen) atoms. The van der Waals surface area contributed by atoms with Crippen molar-refractivity contribution in [3.63, 3.8) is 0 Å². The van der Waals surface area contributed by atoms with E-state index in [1.165, 1.54) is 12.3 Å². The van der Waals surface area contributed by atoms with E-state index in [2.05, 4.69) is 4.98 Å². The number of nitrogens with two attached hydrogens (primary N) is 2. The Labute approximate surface area is 98.6 Å². The fraction of sp³-hybridized carbons (Fsp3) is 0.455. The number of hydrogen-bond donors (Lipinski definition) is 4. The molecule has 6 nitrogen and oxygen atoms in total. The highest BCUT2D eigenvalue weighted by atomic mass is 16.3. The average molecular weight is 239 g/mol. The Balaban J connectivity index is 2.65. The molecule has 0 aromatic carbocycles. The maximum absolute atomic E-state index is 11.8. The van der Waals surface area contributed by atoms with E-state index in [1.54, 1.807) is 6.07 Å². The van der Waals surface area contributed by atoms with E-state index in [0.717, 1.165) is 0 Å². The summed E-state index contributed by atoms with van der Waals surface area (Å²) < 4.78 is 0. The Bertz CT molecular complexity index is 430. The third kappa shape index (κ3) is 3.77. The van der Waals surface area contributed by atoms with E-state index < -0.39 is 23.5 Å². The van der Waals surface area contributed by atoms with Crippen LogP contribution in [0.2, 0.25) is 0 Å². The van der Waals surface area contributed by atoms with Gasteiger partial charge in [-0.05, 0) is 25.0 Å². The first-order valence-electron chi connectivity index (χ1n) is 5.42. The molecule has 0 radical (unpaired) electrons. The highest BCUT2D eigenvalue weighted by molar-refractivity contribution is 5.99. The predicted molar refractivity (Wildman–Crippen MR) is 63.7 cm³/mol. The molecule has 0 fully saturated rings. The molecule has 1 aromatic rings. The second-order valence-corrected chi connectivity index (χ2v) is 3.85. The maximum Gasteiger partial charge on any atom is 0.258 e. The van der Waals surface area contributed by atoms with Crippen LogP contribution in [0, 0.1) is 0 Å².